The smallest absolute Gasteiger partial charge is 0.372 e. The van der Waals surface area contributed by atoms with Gasteiger partial charge in [0.2, 0.25) is 0 Å². The van der Waals surface area contributed by atoms with Gasteiger partial charge in [-0.3, -0.25) is 15.3 Å². The predicted molar refractivity (Wildman–Crippen MR) is 128 cm³/mol. The van der Waals surface area contributed by atoms with E-state index in [0.717, 1.165) is 19.4 Å². The molecule has 3 aromatic carbocycles. The van der Waals surface area contributed by atoms with Crippen molar-refractivity contribution in [2.75, 3.05) is 24.0 Å². The van der Waals surface area contributed by atoms with Crippen LogP contribution in [0, 0.1) is 0 Å². The van der Waals surface area contributed by atoms with E-state index in [1.54, 1.807) is 30.3 Å². The number of amides is 1. The third kappa shape index (κ3) is 4.98. The summed E-state index contributed by atoms with van der Waals surface area (Å²) in [6.07, 6.45) is 1.32. The van der Waals surface area contributed by atoms with Crippen molar-refractivity contribution in [1.82, 2.24) is 5.32 Å². The van der Waals surface area contributed by atoms with E-state index in [1.165, 1.54) is 31.4 Å². The van der Waals surface area contributed by atoms with Crippen LogP contribution >= 0.6 is 0 Å². The van der Waals surface area contributed by atoms with Gasteiger partial charge < -0.3 is 14.8 Å². The molecule has 10 heteroatoms. The predicted octanol–water partition coefficient (Wildman–Crippen LogP) is 4.32. The summed E-state index contributed by atoms with van der Waals surface area (Å²) in [4.78, 5) is 12.8. The number of para-hydroxylation sites is 2. The molecule has 0 aliphatic carbocycles. The van der Waals surface area contributed by atoms with Gasteiger partial charge in [-0.2, -0.15) is 5.06 Å². The number of sulfone groups is 1. The number of hydrogen-bond donors (Lipinski definition) is 3. The molecule has 9 nitrogen and oxygen atoms in total. The van der Waals surface area contributed by atoms with Crippen molar-refractivity contribution in [3.63, 3.8) is 0 Å². The Morgan fingerprint density at radius 3 is 2.44 bits per heavy atom. The minimum atomic E-state index is -4.56. The molecule has 1 fully saturated rings. The zero-order valence-corrected chi connectivity index (χ0v) is 19.3. The molecule has 0 aromatic heterocycles. The van der Waals surface area contributed by atoms with Crippen molar-refractivity contribution >= 4 is 32.1 Å². The lowest BCUT2D eigenvalue weighted by molar-refractivity contribution is 0.182. The van der Waals surface area contributed by atoms with Crippen LogP contribution in [0.4, 0.5) is 21.9 Å². The number of rotatable bonds is 7. The Morgan fingerprint density at radius 1 is 1.06 bits per heavy atom. The van der Waals surface area contributed by atoms with Gasteiger partial charge in [0.1, 0.15) is 23.4 Å². The van der Waals surface area contributed by atoms with Crippen LogP contribution in [0.3, 0.4) is 0 Å². The molecule has 178 valence electrons. The molecule has 1 aliphatic heterocycles. The molecule has 3 aromatic rings. The molecular weight excluding hydrogens is 458 g/mol. The normalized spacial score (nSPS) is 15.5. The third-order valence-corrected chi connectivity index (χ3v) is 6.85. The minimum Gasteiger partial charge on any atom is -0.497 e. The fraction of sp³-hybridized carbons (Fsp3) is 0.208. The topological polar surface area (TPSA) is 117 Å². The maximum Gasteiger partial charge on any atom is 0.372 e. The van der Waals surface area contributed by atoms with Crippen molar-refractivity contribution < 1.29 is 27.9 Å². The molecule has 4 rings (SSSR count). The molecule has 0 unspecified atom stereocenters. The first-order chi connectivity index (χ1) is 16.4. The Bertz CT molecular complexity index is 1240. The van der Waals surface area contributed by atoms with E-state index in [-0.39, 0.29) is 27.6 Å². The van der Waals surface area contributed by atoms with Crippen LogP contribution in [-0.2, 0) is 9.84 Å². The summed E-state index contributed by atoms with van der Waals surface area (Å²) < 4.78 is 37.0. The van der Waals surface area contributed by atoms with Gasteiger partial charge in [0.25, 0.3) is 9.84 Å². The molecule has 0 saturated carbocycles. The van der Waals surface area contributed by atoms with Crippen molar-refractivity contribution in [1.29, 1.82) is 0 Å². The van der Waals surface area contributed by atoms with Crippen LogP contribution < -0.4 is 25.2 Å². The SMILES string of the molecule is COc1ccc(S(=O)(=O)C(=O)N(O)c2c(Nc3ccccc3)cccc2O[C@@H]2CCCN2)cc1. The van der Waals surface area contributed by atoms with Gasteiger partial charge >= 0.3 is 5.24 Å². The summed E-state index contributed by atoms with van der Waals surface area (Å²) in [7, 11) is -3.12. The van der Waals surface area contributed by atoms with Gasteiger partial charge in [-0.15, -0.1) is 0 Å². The molecule has 34 heavy (non-hydrogen) atoms. The van der Waals surface area contributed by atoms with E-state index in [9.17, 15) is 18.4 Å². The van der Waals surface area contributed by atoms with Gasteiger partial charge in [-0.1, -0.05) is 24.3 Å². The number of ether oxygens (including phenoxy) is 2. The lowest BCUT2D eigenvalue weighted by Crippen LogP contribution is -2.34. The van der Waals surface area contributed by atoms with Crippen molar-refractivity contribution in [2.24, 2.45) is 0 Å². The summed E-state index contributed by atoms with van der Waals surface area (Å²) in [6, 6.07) is 19.3. The van der Waals surface area contributed by atoms with E-state index >= 15 is 0 Å². The highest BCUT2D eigenvalue weighted by atomic mass is 32.2. The Hall–Kier alpha value is -3.60. The second kappa shape index (κ2) is 10.1. The second-order valence-corrected chi connectivity index (χ2v) is 9.43. The molecule has 0 spiro atoms. The number of carbonyl (C=O) groups is 1. The summed E-state index contributed by atoms with van der Waals surface area (Å²) >= 11 is 0. The summed E-state index contributed by atoms with van der Waals surface area (Å²) in [5.41, 5.74) is 0.864. The van der Waals surface area contributed by atoms with Gasteiger partial charge in [-0.05, 0) is 67.9 Å². The number of nitrogens with one attached hydrogen (secondary N) is 2. The molecule has 1 atom stereocenters. The van der Waals surface area contributed by atoms with Crippen LogP contribution in [0.5, 0.6) is 11.5 Å². The molecule has 0 bridgehead atoms. The number of methoxy groups -OCH3 is 1. The zero-order valence-electron chi connectivity index (χ0n) is 18.5. The van der Waals surface area contributed by atoms with Gasteiger partial charge in [0.15, 0.2) is 0 Å². The van der Waals surface area contributed by atoms with Crippen molar-refractivity contribution in [3.05, 3.63) is 72.8 Å². The fourth-order valence-corrected chi connectivity index (χ4v) is 4.60. The van der Waals surface area contributed by atoms with Crippen molar-refractivity contribution in [3.8, 4) is 11.5 Å². The second-order valence-electron chi connectivity index (χ2n) is 7.60. The third-order valence-electron chi connectivity index (χ3n) is 5.32. The zero-order chi connectivity index (χ0) is 24.1. The Balaban J connectivity index is 1.72. The standard InChI is InChI=1S/C24H25N3O6S/c1-32-18-12-14-19(15-13-18)34(30,31)24(28)27(29)23-20(26-17-7-3-2-4-8-17)9-5-10-21(23)33-22-11-6-16-25-22/h2-5,7-10,12-15,22,25-26,29H,6,11,16H2,1H3/t22-/m1/s1. The van der Waals surface area contributed by atoms with Crippen LogP contribution in [-0.4, -0.2) is 38.7 Å². The van der Waals surface area contributed by atoms with E-state index < -0.39 is 15.1 Å². The number of hydroxylamine groups is 1. The molecular formula is C24H25N3O6S. The molecule has 1 heterocycles. The van der Waals surface area contributed by atoms with Gasteiger partial charge in [-0.25, -0.2) is 8.42 Å². The maximum atomic E-state index is 13.1. The summed E-state index contributed by atoms with van der Waals surface area (Å²) in [5.74, 6) is 0.588. The average Bonchev–Trinajstić information content (AvgIpc) is 3.37. The van der Waals surface area contributed by atoms with E-state index in [0.29, 0.717) is 17.1 Å². The van der Waals surface area contributed by atoms with Crippen LogP contribution in [0.25, 0.3) is 0 Å². The average molecular weight is 484 g/mol. The highest BCUT2D eigenvalue weighted by Crippen LogP contribution is 2.39. The van der Waals surface area contributed by atoms with Crippen molar-refractivity contribution in [2.45, 2.75) is 24.0 Å². The summed E-state index contributed by atoms with van der Waals surface area (Å²) in [5, 5.41) is 15.8. The molecule has 1 saturated heterocycles. The number of carbonyl (C=O) groups excluding carboxylic acids is 1. The lowest BCUT2D eigenvalue weighted by Gasteiger charge is -2.24. The van der Waals surface area contributed by atoms with Gasteiger partial charge in [0, 0.05) is 5.69 Å². The molecule has 1 aliphatic rings. The monoisotopic (exact) mass is 483 g/mol. The summed E-state index contributed by atoms with van der Waals surface area (Å²) in [6.45, 7) is 0.773. The Morgan fingerprint density at radius 2 is 1.79 bits per heavy atom. The number of benzene rings is 3. The first-order valence-corrected chi connectivity index (χ1v) is 12.2. The largest absolute Gasteiger partial charge is 0.497 e. The van der Waals surface area contributed by atoms with E-state index in [2.05, 4.69) is 10.6 Å². The van der Waals surface area contributed by atoms with Crippen LogP contribution in [0.15, 0.2) is 77.7 Å². The fourth-order valence-electron chi connectivity index (χ4n) is 3.58. The highest BCUT2D eigenvalue weighted by Gasteiger charge is 2.34. The number of nitrogens with zero attached hydrogens (tertiary/aromatic N) is 1. The van der Waals surface area contributed by atoms with E-state index in [4.69, 9.17) is 9.47 Å². The number of anilines is 3. The quantitative estimate of drug-likeness (QED) is 0.336. The van der Waals surface area contributed by atoms with Crippen LogP contribution in [0.1, 0.15) is 12.8 Å². The Labute approximate surface area is 197 Å². The number of hydrogen-bond acceptors (Lipinski definition) is 8. The first-order valence-electron chi connectivity index (χ1n) is 10.7. The van der Waals surface area contributed by atoms with Gasteiger partial charge in [0.05, 0.1) is 17.7 Å². The highest BCUT2D eigenvalue weighted by molar-refractivity contribution is 8.06. The van der Waals surface area contributed by atoms with Crippen LogP contribution in [0.2, 0.25) is 0 Å². The lowest BCUT2D eigenvalue weighted by atomic mass is 10.2. The van der Waals surface area contributed by atoms with E-state index in [1.807, 2.05) is 18.2 Å². The maximum absolute atomic E-state index is 13.1. The minimum absolute atomic E-state index is 0.109. The molecule has 1 amide bonds. The molecule has 0 radical (unpaired) electrons. The first kappa shape index (κ1) is 23.6. The Kier molecular flexibility index (Phi) is 7.01. The molecule has 3 N–H and O–H groups in total.